The van der Waals surface area contributed by atoms with Crippen LogP contribution in [0.3, 0.4) is 0 Å². The molecule has 3 N–H and O–H groups in total. The lowest BCUT2D eigenvalue weighted by Gasteiger charge is -2.07. The highest BCUT2D eigenvalue weighted by molar-refractivity contribution is 6.09. The molecule has 1 aliphatic carbocycles. The van der Waals surface area contributed by atoms with Crippen molar-refractivity contribution in [3.05, 3.63) is 41.5 Å². The van der Waals surface area contributed by atoms with Crippen molar-refractivity contribution < 1.29 is 0 Å². The molecular weight excluding hydrogens is 172 g/mol. The van der Waals surface area contributed by atoms with E-state index in [9.17, 15) is 0 Å². The number of hydrogen-bond donors (Lipinski definition) is 2. The fraction of sp³-hybridized carbons (Fsp3) is 0. The molecule has 0 spiro atoms. The summed E-state index contributed by atoms with van der Waals surface area (Å²) in [6.07, 6.45) is 4.27. The van der Waals surface area contributed by atoms with Crippen LogP contribution in [0.1, 0.15) is 11.1 Å². The molecule has 0 heterocycles. The number of anilines is 1. The van der Waals surface area contributed by atoms with E-state index >= 15 is 0 Å². The number of nitrogens with one attached hydrogen (secondary N) is 1. The van der Waals surface area contributed by atoms with E-state index in [-0.39, 0.29) is 0 Å². The van der Waals surface area contributed by atoms with Gasteiger partial charge in [0.15, 0.2) is 0 Å². The van der Waals surface area contributed by atoms with Gasteiger partial charge in [-0.2, -0.15) is 0 Å². The molecule has 0 bridgehead atoms. The molecule has 0 radical (unpaired) electrons. The first-order valence-corrected chi connectivity index (χ1v) is 4.60. The van der Waals surface area contributed by atoms with Crippen molar-refractivity contribution >= 4 is 28.6 Å². The van der Waals surface area contributed by atoms with Gasteiger partial charge in [-0.3, -0.25) is 5.84 Å². The van der Waals surface area contributed by atoms with Gasteiger partial charge in [-0.25, -0.2) is 0 Å². The molecule has 0 saturated heterocycles. The standard InChI is InChI=1S/C12H10N2/c13-14-11-7-6-9-5-4-8-2-1-3-10(11)12(8)9/h1-7,14H,13H2. The van der Waals surface area contributed by atoms with Gasteiger partial charge in [0, 0.05) is 5.39 Å². The Hall–Kier alpha value is -1.80. The van der Waals surface area contributed by atoms with Crippen molar-refractivity contribution in [1.29, 1.82) is 0 Å². The Kier molecular flexibility index (Phi) is 1.41. The van der Waals surface area contributed by atoms with Gasteiger partial charge in [-0.05, 0) is 22.6 Å². The first kappa shape index (κ1) is 7.59. The molecule has 0 fully saturated rings. The smallest absolute Gasteiger partial charge is 0.0564 e. The van der Waals surface area contributed by atoms with Crippen LogP contribution in [0.25, 0.3) is 22.9 Å². The number of hydrazine groups is 1. The summed E-state index contributed by atoms with van der Waals surface area (Å²) in [5, 5.41) is 2.48. The Bertz CT molecular complexity index is 529. The van der Waals surface area contributed by atoms with E-state index in [0.29, 0.717) is 0 Å². The van der Waals surface area contributed by atoms with Crippen LogP contribution in [0.5, 0.6) is 0 Å². The third-order valence-corrected chi connectivity index (χ3v) is 2.70. The second-order valence-corrected chi connectivity index (χ2v) is 3.45. The van der Waals surface area contributed by atoms with Gasteiger partial charge in [-0.15, -0.1) is 0 Å². The van der Waals surface area contributed by atoms with Crippen molar-refractivity contribution in [3.8, 4) is 0 Å². The van der Waals surface area contributed by atoms with E-state index in [2.05, 4.69) is 41.8 Å². The highest BCUT2D eigenvalue weighted by Gasteiger charge is 2.10. The lowest BCUT2D eigenvalue weighted by Crippen LogP contribution is -2.07. The van der Waals surface area contributed by atoms with Crippen molar-refractivity contribution in [2.75, 3.05) is 5.43 Å². The molecule has 0 aliphatic heterocycles. The molecule has 1 aliphatic rings. The molecule has 2 nitrogen and oxygen atoms in total. The first-order valence-electron chi connectivity index (χ1n) is 4.60. The second-order valence-electron chi connectivity index (χ2n) is 3.45. The van der Waals surface area contributed by atoms with Gasteiger partial charge in [0.1, 0.15) is 0 Å². The SMILES string of the molecule is NNc1ccc2c3c(cccc13)C=C2. The van der Waals surface area contributed by atoms with Crippen LogP contribution in [-0.4, -0.2) is 0 Å². The first-order chi connectivity index (χ1) is 6.90. The molecule has 2 aromatic rings. The van der Waals surface area contributed by atoms with Crippen LogP contribution < -0.4 is 11.3 Å². The summed E-state index contributed by atoms with van der Waals surface area (Å²) in [5.74, 6) is 5.47. The van der Waals surface area contributed by atoms with Gasteiger partial charge in [0.05, 0.1) is 5.69 Å². The summed E-state index contributed by atoms with van der Waals surface area (Å²) < 4.78 is 0. The number of nitrogen functional groups attached to an aromatic ring is 1. The molecule has 0 atom stereocenters. The molecule has 3 rings (SSSR count). The second kappa shape index (κ2) is 2.59. The largest absolute Gasteiger partial charge is 0.324 e. The third-order valence-electron chi connectivity index (χ3n) is 2.70. The molecule has 0 aromatic heterocycles. The summed E-state index contributed by atoms with van der Waals surface area (Å²) in [6, 6.07) is 10.4. The van der Waals surface area contributed by atoms with E-state index in [4.69, 9.17) is 5.84 Å². The molecule has 2 aromatic carbocycles. The highest BCUT2D eigenvalue weighted by Crippen LogP contribution is 2.34. The van der Waals surface area contributed by atoms with E-state index in [1.165, 1.54) is 21.9 Å². The zero-order valence-corrected chi connectivity index (χ0v) is 7.62. The van der Waals surface area contributed by atoms with E-state index in [0.717, 1.165) is 5.69 Å². The Morgan fingerprint density at radius 3 is 2.50 bits per heavy atom. The van der Waals surface area contributed by atoms with Crippen molar-refractivity contribution in [2.24, 2.45) is 5.84 Å². The van der Waals surface area contributed by atoms with Gasteiger partial charge in [0.25, 0.3) is 0 Å². The predicted molar refractivity (Wildman–Crippen MR) is 60.7 cm³/mol. The molecular formula is C12H10N2. The minimum atomic E-state index is 0.981. The Balaban J connectivity index is 2.51. The van der Waals surface area contributed by atoms with Crippen LogP contribution in [0.4, 0.5) is 5.69 Å². The van der Waals surface area contributed by atoms with E-state index in [1.807, 2.05) is 6.07 Å². The fourth-order valence-electron chi connectivity index (χ4n) is 2.05. The molecule has 14 heavy (non-hydrogen) atoms. The summed E-state index contributed by atoms with van der Waals surface area (Å²) in [6.45, 7) is 0. The van der Waals surface area contributed by atoms with Gasteiger partial charge < -0.3 is 5.43 Å². The maximum Gasteiger partial charge on any atom is 0.0564 e. The summed E-state index contributed by atoms with van der Waals surface area (Å²) in [4.78, 5) is 0. The average molecular weight is 182 g/mol. The topological polar surface area (TPSA) is 38.0 Å². The summed E-state index contributed by atoms with van der Waals surface area (Å²) >= 11 is 0. The summed E-state index contributed by atoms with van der Waals surface area (Å²) in [5.41, 5.74) is 6.25. The van der Waals surface area contributed by atoms with Crippen LogP contribution in [0.15, 0.2) is 30.3 Å². The predicted octanol–water partition coefficient (Wildman–Crippen LogP) is 2.61. The number of rotatable bonds is 1. The molecule has 0 amide bonds. The minimum Gasteiger partial charge on any atom is -0.324 e. The lowest BCUT2D eigenvalue weighted by atomic mass is 10.0. The van der Waals surface area contributed by atoms with Crippen molar-refractivity contribution in [1.82, 2.24) is 0 Å². The fourth-order valence-corrected chi connectivity index (χ4v) is 2.05. The van der Waals surface area contributed by atoms with Crippen molar-refractivity contribution in [3.63, 3.8) is 0 Å². The molecule has 68 valence electrons. The van der Waals surface area contributed by atoms with E-state index in [1.54, 1.807) is 0 Å². The maximum atomic E-state index is 5.47. The maximum absolute atomic E-state index is 5.47. The third kappa shape index (κ3) is 0.833. The zero-order valence-electron chi connectivity index (χ0n) is 7.62. The van der Waals surface area contributed by atoms with Gasteiger partial charge in [0.2, 0.25) is 0 Å². The van der Waals surface area contributed by atoms with E-state index < -0.39 is 0 Å². The Labute approximate surface area is 82.0 Å². The molecule has 2 heteroatoms. The van der Waals surface area contributed by atoms with Crippen LogP contribution >= 0.6 is 0 Å². The zero-order chi connectivity index (χ0) is 9.54. The summed E-state index contributed by atoms with van der Waals surface area (Å²) in [7, 11) is 0. The number of benzene rings is 2. The van der Waals surface area contributed by atoms with Gasteiger partial charge >= 0.3 is 0 Å². The molecule has 0 saturated carbocycles. The monoisotopic (exact) mass is 182 g/mol. The van der Waals surface area contributed by atoms with Crippen LogP contribution in [-0.2, 0) is 0 Å². The Morgan fingerprint density at radius 2 is 1.71 bits per heavy atom. The Morgan fingerprint density at radius 1 is 0.929 bits per heavy atom. The highest BCUT2D eigenvalue weighted by atomic mass is 15.2. The molecule has 0 unspecified atom stereocenters. The number of hydrogen-bond acceptors (Lipinski definition) is 2. The lowest BCUT2D eigenvalue weighted by molar-refractivity contribution is 1.37. The van der Waals surface area contributed by atoms with Crippen LogP contribution in [0.2, 0.25) is 0 Å². The minimum absolute atomic E-state index is 0.981. The van der Waals surface area contributed by atoms with Crippen molar-refractivity contribution in [2.45, 2.75) is 0 Å². The van der Waals surface area contributed by atoms with Crippen LogP contribution in [0, 0.1) is 0 Å². The normalized spacial score (nSPS) is 12.4. The quantitative estimate of drug-likeness (QED) is 0.448. The van der Waals surface area contributed by atoms with Gasteiger partial charge in [-0.1, -0.05) is 36.4 Å². The number of nitrogens with two attached hydrogens (primary N) is 1. The average Bonchev–Trinajstić information content (AvgIpc) is 2.65.